The zero-order chi connectivity index (χ0) is 11.5. The fourth-order valence-corrected chi connectivity index (χ4v) is 0.520. The molecule has 0 saturated carbocycles. The minimum atomic E-state index is -2.99. The molecule has 0 aliphatic heterocycles. The van der Waals surface area contributed by atoms with E-state index in [2.05, 4.69) is 0 Å². The first-order chi connectivity index (χ1) is 6.24. The van der Waals surface area contributed by atoms with E-state index in [-0.39, 0.29) is 6.29 Å². The molecule has 1 unspecified atom stereocenters. The Morgan fingerprint density at radius 1 is 1.33 bits per heavy atom. The van der Waals surface area contributed by atoms with Crippen LogP contribution in [-0.4, -0.2) is 62.8 Å². The lowest BCUT2D eigenvalue weighted by atomic mass is 10.0. The van der Waals surface area contributed by atoms with E-state index in [9.17, 15) is 4.79 Å². The first-order valence-corrected chi connectivity index (χ1v) is 3.07. The van der Waals surface area contributed by atoms with Gasteiger partial charge in [-0.1, -0.05) is 0 Å². The first kappa shape index (κ1) is 8.09. The third-order valence-electron chi connectivity index (χ3n) is 1.25. The minimum absolute atomic E-state index is 0.343. The van der Waals surface area contributed by atoms with Crippen molar-refractivity contribution in [2.24, 2.45) is 0 Å². The van der Waals surface area contributed by atoms with Gasteiger partial charge in [0.1, 0.15) is 24.4 Å². The highest BCUT2D eigenvalue weighted by Gasteiger charge is 2.29. The monoisotopic (exact) mass is 184 g/mol. The average molecular weight is 184 g/mol. The highest BCUT2D eigenvalue weighted by molar-refractivity contribution is 5.56. The van der Waals surface area contributed by atoms with Crippen LogP contribution in [0.5, 0.6) is 0 Å². The second-order valence-electron chi connectivity index (χ2n) is 2.12. The normalized spacial score (nSPS) is 28.8. The van der Waals surface area contributed by atoms with E-state index < -0.39 is 31.0 Å². The quantitative estimate of drug-likeness (QED) is 0.284. The SMILES string of the molecule is [3H]C(O)[C@@H](O)[C@@H](O)[C@H](O)[C@@]([3H])(O)C=O. The summed E-state index contributed by atoms with van der Waals surface area (Å²) in [6, 6.07) is 0. The number of aldehydes is 1. The molecular formula is C6H12O6. The molecule has 0 fully saturated rings. The van der Waals surface area contributed by atoms with Crippen LogP contribution in [0.3, 0.4) is 0 Å². The summed E-state index contributed by atoms with van der Waals surface area (Å²) in [5.41, 5.74) is 0. The van der Waals surface area contributed by atoms with Gasteiger partial charge in [-0.3, -0.25) is 0 Å². The van der Waals surface area contributed by atoms with Crippen molar-refractivity contribution < 1.29 is 33.1 Å². The van der Waals surface area contributed by atoms with E-state index in [1.165, 1.54) is 0 Å². The van der Waals surface area contributed by atoms with Gasteiger partial charge in [0, 0.05) is 0 Å². The van der Waals surface area contributed by atoms with Gasteiger partial charge in [0.05, 0.1) is 9.32 Å². The summed E-state index contributed by atoms with van der Waals surface area (Å²) in [7, 11) is 0. The van der Waals surface area contributed by atoms with Crippen LogP contribution < -0.4 is 0 Å². The molecule has 0 aliphatic carbocycles. The highest BCUT2D eigenvalue weighted by Crippen LogP contribution is 2.02. The molecule has 6 nitrogen and oxygen atoms in total. The Hall–Kier alpha value is -0.530. The Bertz CT molecular complexity index is 197. The minimum Gasteiger partial charge on any atom is -0.394 e. The third kappa shape index (κ3) is 2.84. The van der Waals surface area contributed by atoms with Crippen LogP contribution in [0.1, 0.15) is 2.74 Å². The molecule has 12 heavy (non-hydrogen) atoms. The van der Waals surface area contributed by atoms with Crippen molar-refractivity contribution in [2.45, 2.75) is 24.4 Å². The Morgan fingerprint density at radius 2 is 1.83 bits per heavy atom. The van der Waals surface area contributed by atoms with Crippen molar-refractivity contribution in [1.82, 2.24) is 0 Å². The molecular weight excluding hydrogens is 168 g/mol. The summed E-state index contributed by atoms with van der Waals surface area (Å²) in [6.45, 7) is -2.11. The summed E-state index contributed by atoms with van der Waals surface area (Å²) in [5, 5.41) is 44.2. The molecule has 0 rings (SSSR count). The molecule has 0 radical (unpaired) electrons. The Labute approximate surface area is 71.5 Å². The van der Waals surface area contributed by atoms with Gasteiger partial charge in [0.15, 0.2) is 6.29 Å². The van der Waals surface area contributed by atoms with E-state index in [0.717, 1.165) is 0 Å². The fraction of sp³-hybridized carbons (Fsp3) is 0.833. The van der Waals surface area contributed by atoms with Gasteiger partial charge in [-0.15, -0.1) is 0 Å². The van der Waals surface area contributed by atoms with Crippen LogP contribution >= 0.6 is 0 Å². The highest BCUT2D eigenvalue weighted by atomic mass is 16.4. The lowest BCUT2D eigenvalue weighted by Gasteiger charge is -2.22. The zero-order valence-corrected chi connectivity index (χ0v) is 6.03. The first-order valence-electron chi connectivity index (χ1n) is 4.15. The van der Waals surface area contributed by atoms with Gasteiger partial charge in [-0.25, -0.2) is 0 Å². The van der Waals surface area contributed by atoms with Crippen LogP contribution in [-0.2, 0) is 4.79 Å². The second kappa shape index (κ2) is 5.18. The van der Waals surface area contributed by atoms with E-state index in [4.69, 9.17) is 28.3 Å². The van der Waals surface area contributed by atoms with E-state index in [0.29, 0.717) is 0 Å². The van der Waals surface area contributed by atoms with E-state index >= 15 is 0 Å². The van der Waals surface area contributed by atoms with Crippen molar-refractivity contribution >= 4 is 6.29 Å². The van der Waals surface area contributed by atoms with Gasteiger partial charge in [0.2, 0.25) is 0 Å². The summed E-state index contributed by atoms with van der Waals surface area (Å²) in [4.78, 5) is 10.1. The molecule has 5 atom stereocenters. The molecule has 0 aromatic rings. The second-order valence-corrected chi connectivity index (χ2v) is 2.12. The third-order valence-corrected chi connectivity index (χ3v) is 1.25. The molecule has 0 aromatic heterocycles. The van der Waals surface area contributed by atoms with Crippen molar-refractivity contribution in [2.75, 3.05) is 6.58 Å². The maximum atomic E-state index is 10.1. The number of aliphatic hydroxyl groups is 5. The average Bonchev–Trinajstić information content (AvgIpc) is 2.14. The van der Waals surface area contributed by atoms with Gasteiger partial charge in [-0.05, 0) is 0 Å². The predicted molar refractivity (Wildman–Crippen MR) is 37.2 cm³/mol. The van der Waals surface area contributed by atoms with Crippen LogP contribution in [0.2, 0.25) is 0 Å². The Morgan fingerprint density at radius 3 is 2.17 bits per heavy atom. The summed E-state index contributed by atoms with van der Waals surface area (Å²) >= 11 is 0. The molecule has 0 amide bonds. The van der Waals surface area contributed by atoms with Crippen molar-refractivity contribution in [3.63, 3.8) is 0 Å². The largest absolute Gasteiger partial charge is 0.394 e. The van der Waals surface area contributed by atoms with E-state index in [1.807, 2.05) is 0 Å². The van der Waals surface area contributed by atoms with Crippen LogP contribution in [0.15, 0.2) is 0 Å². The lowest BCUT2D eigenvalue weighted by molar-refractivity contribution is -0.136. The number of hydrogen-bond acceptors (Lipinski definition) is 6. The summed E-state index contributed by atoms with van der Waals surface area (Å²) in [6.07, 6.45) is -9.90. The van der Waals surface area contributed by atoms with Crippen molar-refractivity contribution in [3.8, 4) is 0 Å². The van der Waals surface area contributed by atoms with Gasteiger partial charge >= 0.3 is 0 Å². The maximum absolute atomic E-state index is 10.1. The van der Waals surface area contributed by atoms with Crippen LogP contribution in [0.25, 0.3) is 0 Å². The number of hydrogen-bond donors (Lipinski definition) is 5. The molecule has 72 valence electrons. The molecule has 0 saturated heterocycles. The molecule has 6 heteroatoms. The van der Waals surface area contributed by atoms with Crippen LogP contribution in [0.4, 0.5) is 0 Å². The molecule has 0 heterocycles. The predicted octanol–water partition coefficient (Wildman–Crippen LogP) is -3.38. The Balaban J connectivity index is 4.53. The summed E-state index contributed by atoms with van der Waals surface area (Å²) in [5.74, 6) is 0. The smallest absolute Gasteiger partial charge is 0.151 e. The topological polar surface area (TPSA) is 118 Å². The van der Waals surface area contributed by atoms with Gasteiger partial charge in [-0.2, -0.15) is 0 Å². The number of carbonyl (C=O) groups is 1. The van der Waals surface area contributed by atoms with Crippen molar-refractivity contribution in [3.05, 3.63) is 0 Å². The maximum Gasteiger partial charge on any atom is 0.151 e. The molecule has 0 aromatic carbocycles. The number of rotatable bonds is 5. The van der Waals surface area contributed by atoms with Gasteiger partial charge < -0.3 is 30.3 Å². The lowest BCUT2D eigenvalue weighted by Crippen LogP contribution is -2.46. The Kier molecular flexibility index (Phi) is 3.49. The zero-order valence-electron chi connectivity index (χ0n) is 8.03. The molecule has 0 spiro atoms. The van der Waals surface area contributed by atoms with E-state index in [1.54, 1.807) is 0 Å². The molecule has 0 aliphatic rings. The number of carbonyl (C=O) groups excluding carboxylic acids is 1. The molecule has 0 bridgehead atoms. The summed E-state index contributed by atoms with van der Waals surface area (Å²) < 4.78 is 13.3. The van der Waals surface area contributed by atoms with Gasteiger partial charge in [0.25, 0.3) is 0 Å². The van der Waals surface area contributed by atoms with Crippen molar-refractivity contribution in [1.29, 1.82) is 0 Å². The number of aliphatic hydroxyl groups excluding tert-OH is 4. The van der Waals surface area contributed by atoms with Crippen LogP contribution in [0, 0.1) is 0 Å². The fourth-order valence-electron chi connectivity index (χ4n) is 0.520. The standard InChI is InChI=1S/C6H12O6/c7-1-3(9)5(11)6(12)4(10)2-8/h1,3-6,8-12H,2H2/t3-,4+,5+,6+/m0/s1/i2T,3T/t2?,3-,4+,5+,6+. The molecule has 5 N–H and O–H groups in total.